The van der Waals surface area contributed by atoms with Crippen LogP contribution in [0.1, 0.15) is 37.2 Å². The highest BCUT2D eigenvalue weighted by Crippen LogP contribution is 2.20. The average molecular weight is 474 g/mol. The van der Waals surface area contributed by atoms with Crippen LogP contribution >= 0.6 is 0 Å². The van der Waals surface area contributed by atoms with Crippen LogP contribution in [0.25, 0.3) is 11.8 Å². The number of esters is 1. The highest BCUT2D eigenvalue weighted by molar-refractivity contribution is 7.91. The van der Waals surface area contributed by atoms with Crippen LogP contribution in [0.2, 0.25) is 0 Å². The summed E-state index contributed by atoms with van der Waals surface area (Å²) < 4.78 is 30.7. The van der Waals surface area contributed by atoms with E-state index in [2.05, 4.69) is 5.10 Å². The molecule has 178 valence electrons. The lowest BCUT2D eigenvalue weighted by molar-refractivity contribution is -0.149. The first-order valence-corrected chi connectivity index (χ1v) is 12.9. The predicted octanol–water partition coefficient (Wildman–Crippen LogP) is 2.72. The third-order valence-corrected chi connectivity index (χ3v) is 7.35. The van der Waals surface area contributed by atoms with Crippen molar-refractivity contribution in [1.29, 1.82) is 0 Å². The molecular formula is C24H31N3O5S. The molecule has 8 nitrogen and oxygen atoms in total. The Kier molecular flexibility index (Phi) is 7.73. The Bertz CT molecular complexity index is 1140. The average Bonchev–Trinajstić information content (AvgIpc) is 3.27. The van der Waals surface area contributed by atoms with Crippen molar-refractivity contribution in [2.45, 2.75) is 40.2 Å². The highest BCUT2D eigenvalue weighted by Gasteiger charge is 2.35. The summed E-state index contributed by atoms with van der Waals surface area (Å²) in [6.45, 7) is 7.69. The monoisotopic (exact) mass is 473 g/mol. The number of carbonyl (C=O) groups excluding carboxylic acids is 2. The van der Waals surface area contributed by atoms with E-state index in [0.717, 1.165) is 22.6 Å². The number of nitrogens with zero attached hydrogens (tertiary/aromatic N) is 3. The van der Waals surface area contributed by atoms with E-state index in [4.69, 9.17) is 4.74 Å². The van der Waals surface area contributed by atoms with Crippen molar-refractivity contribution in [2.24, 2.45) is 5.92 Å². The summed E-state index contributed by atoms with van der Waals surface area (Å²) in [6, 6.07) is 9.32. The second kappa shape index (κ2) is 10.3. The van der Waals surface area contributed by atoms with Crippen LogP contribution in [0.5, 0.6) is 0 Å². The van der Waals surface area contributed by atoms with Gasteiger partial charge in [-0.05, 0) is 44.4 Å². The van der Waals surface area contributed by atoms with E-state index in [0.29, 0.717) is 13.0 Å². The van der Waals surface area contributed by atoms with Gasteiger partial charge in [0, 0.05) is 29.9 Å². The first-order chi connectivity index (χ1) is 15.6. The summed E-state index contributed by atoms with van der Waals surface area (Å²) in [5, 5.41) is 4.54. The van der Waals surface area contributed by atoms with Crippen LogP contribution in [0.3, 0.4) is 0 Å². The van der Waals surface area contributed by atoms with E-state index < -0.39 is 22.4 Å². The van der Waals surface area contributed by atoms with Crippen molar-refractivity contribution >= 4 is 27.8 Å². The summed E-state index contributed by atoms with van der Waals surface area (Å²) in [5.74, 6) is -0.810. The minimum Gasteiger partial charge on any atom is -0.452 e. The Morgan fingerprint density at radius 1 is 1.24 bits per heavy atom. The predicted molar refractivity (Wildman–Crippen MR) is 127 cm³/mol. The summed E-state index contributed by atoms with van der Waals surface area (Å²) in [5.41, 5.74) is 3.37. The third kappa shape index (κ3) is 6.31. The molecule has 0 spiro atoms. The van der Waals surface area contributed by atoms with Gasteiger partial charge >= 0.3 is 5.97 Å². The lowest BCUT2D eigenvalue weighted by Crippen LogP contribution is -2.45. The Morgan fingerprint density at radius 2 is 1.94 bits per heavy atom. The molecule has 3 rings (SSSR count). The molecule has 1 aromatic carbocycles. The Labute approximate surface area is 195 Å². The zero-order valence-electron chi connectivity index (χ0n) is 19.5. The zero-order valence-corrected chi connectivity index (χ0v) is 20.3. The van der Waals surface area contributed by atoms with Gasteiger partial charge in [0.05, 0.1) is 22.9 Å². The van der Waals surface area contributed by atoms with Gasteiger partial charge in [0.25, 0.3) is 5.91 Å². The van der Waals surface area contributed by atoms with Crippen molar-refractivity contribution in [3.05, 3.63) is 53.4 Å². The molecule has 0 N–H and O–H groups in total. The topological polar surface area (TPSA) is 98.6 Å². The Balaban J connectivity index is 1.63. The van der Waals surface area contributed by atoms with Gasteiger partial charge in [-0.25, -0.2) is 17.9 Å². The number of rotatable bonds is 8. The quantitative estimate of drug-likeness (QED) is 0.432. The molecule has 1 atom stereocenters. The Morgan fingerprint density at radius 3 is 2.55 bits per heavy atom. The van der Waals surface area contributed by atoms with Gasteiger partial charge in [-0.1, -0.05) is 32.0 Å². The molecule has 2 heterocycles. The molecule has 1 aliphatic heterocycles. The fraction of sp³-hybridized carbons (Fsp3) is 0.458. The molecule has 0 bridgehead atoms. The molecule has 0 aliphatic carbocycles. The fourth-order valence-electron chi connectivity index (χ4n) is 4.00. The third-order valence-electron chi connectivity index (χ3n) is 5.60. The number of hydrogen-bond acceptors (Lipinski definition) is 6. The molecular weight excluding hydrogens is 442 g/mol. The second-order valence-corrected chi connectivity index (χ2v) is 11.0. The zero-order chi connectivity index (χ0) is 24.2. The molecule has 1 saturated heterocycles. The van der Waals surface area contributed by atoms with E-state index in [-0.39, 0.29) is 29.4 Å². The summed E-state index contributed by atoms with van der Waals surface area (Å²) in [6.07, 6.45) is 3.34. The number of benzene rings is 1. The van der Waals surface area contributed by atoms with Gasteiger partial charge in [-0.2, -0.15) is 5.10 Å². The van der Waals surface area contributed by atoms with Crippen LogP contribution in [-0.2, 0) is 24.2 Å². The smallest absolute Gasteiger partial charge is 0.331 e. The van der Waals surface area contributed by atoms with Gasteiger partial charge in [-0.15, -0.1) is 0 Å². The van der Waals surface area contributed by atoms with Crippen molar-refractivity contribution in [2.75, 3.05) is 24.7 Å². The number of carbonyl (C=O) groups is 2. The standard InChI is InChI=1S/C24H31N3O5S/c1-17(2)14-26(21-12-13-33(30,31)16-21)23(28)15-32-24(29)11-10-22-18(3)25-27(19(22)4)20-8-6-5-7-9-20/h5-11,17,21H,12-16H2,1-4H3. The lowest BCUT2D eigenvalue weighted by atomic mass is 10.1. The SMILES string of the molecule is Cc1nn(-c2ccccc2)c(C)c1C=CC(=O)OCC(=O)N(CC(C)C)C1CCS(=O)(=O)C1. The van der Waals surface area contributed by atoms with Gasteiger partial charge in [0.2, 0.25) is 0 Å². The van der Waals surface area contributed by atoms with Crippen molar-refractivity contribution in [1.82, 2.24) is 14.7 Å². The fourth-order valence-corrected chi connectivity index (χ4v) is 5.73. The number of para-hydroxylation sites is 1. The first kappa shape index (κ1) is 24.7. The number of aryl methyl sites for hydroxylation is 1. The summed E-state index contributed by atoms with van der Waals surface area (Å²) in [7, 11) is -3.13. The number of amides is 1. The maximum absolute atomic E-state index is 12.7. The minimum absolute atomic E-state index is 0.0384. The van der Waals surface area contributed by atoms with Crippen molar-refractivity contribution in [3.8, 4) is 5.69 Å². The van der Waals surface area contributed by atoms with E-state index in [9.17, 15) is 18.0 Å². The highest BCUT2D eigenvalue weighted by atomic mass is 32.2. The first-order valence-electron chi connectivity index (χ1n) is 11.0. The maximum Gasteiger partial charge on any atom is 0.331 e. The normalized spacial score (nSPS) is 17.5. The molecule has 33 heavy (non-hydrogen) atoms. The maximum atomic E-state index is 12.7. The van der Waals surface area contributed by atoms with Crippen LogP contribution < -0.4 is 0 Å². The summed E-state index contributed by atoms with van der Waals surface area (Å²) in [4.78, 5) is 26.6. The minimum atomic E-state index is -3.13. The molecule has 1 aliphatic rings. The number of hydrogen-bond donors (Lipinski definition) is 0. The van der Waals surface area contributed by atoms with Crippen molar-refractivity contribution < 1.29 is 22.7 Å². The van der Waals surface area contributed by atoms with Crippen LogP contribution in [-0.4, -0.2) is 65.7 Å². The molecule has 0 radical (unpaired) electrons. The van der Waals surface area contributed by atoms with E-state index >= 15 is 0 Å². The van der Waals surface area contributed by atoms with E-state index in [1.165, 1.54) is 6.08 Å². The molecule has 9 heteroatoms. The largest absolute Gasteiger partial charge is 0.452 e. The van der Waals surface area contributed by atoms with E-state index in [1.54, 1.807) is 11.0 Å². The summed E-state index contributed by atoms with van der Waals surface area (Å²) >= 11 is 0. The number of aromatic nitrogens is 2. The second-order valence-electron chi connectivity index (χ2n) is 8.77. The molecule has 0 saturated carbocycles. The van der Waals surface area contributed by atoms with Gasteiger partial charge in [0.1, 0.15) is 0 Å². The van der Waals surface area contributed by atoms with Crippen LogP contribution in [0.4, 0.5) is 0 Å². The van der Waals surface area contributed by atoms with E-state index in [1.807, 2.05) is 62.7 Å². The molecule has 2 aromatic rings. The molecule has 1 fully saturated rings. The lowest BCUT2D eigenvalue weighted by Gasteiger charge is -2.29. The molecule has 1 aromatic heterocycles. The van der Waals surface area contributed by atoms with Gasteiger partial charge in [-0.3, -0.25) is 4.79 Å². The van der Waals surface area contributed by atoms with Crippen molar-refractivity contribution in [3.63, 3.8) is 0 Å². The van der Waals surface area contributed by atoms with Crippen LogP contribution in [0.15, 0.2) is 36.4 Å². The Hall–Kier alpha value is -2.94. The molecule has 1 unspecified atom stereocenters. The van der Waals surface area contributed by atoms with Gasteiger partial charge in [0.15, 0.2) is 16.4 Å². The van der Waals surface area contributed by atoms with Gasteiger partial charge < -0.3 is 9.64 Å². The van der Waals surface area contributed by atoms with Crippen LogP contribution in [0, 0.1) is 19.8 Å². The molecule has 1 amide bonds. The number of ether oxygens (including phenoxy) is 1. The number of sulfone groups is 1.